The predicted octanol–water partition coefficient (Wildman–Crippen LogP) is 2.68. The largest absolute Gasteiger partial charge is 0.405 e. The van der Waals surface area contributed by atoms with Gasteiger partial charge < -0.3 is 17.2 Å². The van der Waals surface area contributed by atoms with Gasteiger partial charge in [0.25, 0.3) is 0 Å². The van der Waals surface area contributed by atoms with Crippen LogP contribution >= 0.6 is 0 Å². The van der Waals surface area contributed by atoms with Gasteiger partial charge in [-0.3, -0.25) is 9.80 Å². The van der Waals surface area contributed by atoms with Gasteiger partial charge in [0.1, 0.15) is 5.82 Å². The van der Waals surface area contributed by atoms with Crippen LogP contribution in [0.25, 0.3) is 0 Å². The zero-order valence-electron chi connectivity index (χ0n) is 16.7. The fourth-order valence-corrected chi connectivity index (χ4v) is 4.09. The number of rotatable bonds is 6. The van der Waals surface area contributed by atoms with Crippen LogP contribution in [0, 0.1) is 5.41 Å². The van der Waals surface area contributed by atoms with E-state index in [1.54, 1.807) is 12.2 Å². The molecule has 0 heterocycles. The van der Waals surface area contributed by atoms with Gasteiger partial charge in [0, 0.05) is 12.1 Å². The van der Waals surface area contributed by atoms with Crippen molar-refractivity contribution in [3.8, 4) is 0 Å². The number of benzene rings is 1. The molecule has 0 aliphatic heterocycles. The Kier molecular flexibility index (Phi) is 6.54. The molecular formula is C21H33N5O. The summed E-state index contributed by atoms with van der Waals surface area (Å²) in [5.41, 5.74) is 18.3. The molecule has 1 aliphatic rings. The number of allylic oxidation sites excluding steroid dienone is 2. The number of carbonyl (C=O) groups excluding carboxylic acids is 1. The Balaban J connectivity index is 2.19. The second-order valence-corrected chi connectivity index (χ2v) is 8.00. The summed E-state index contributed by atoms with van der Waals surface area (Å²) in [4.78, 5) is 15.7. The number of primary amides is 1. The lowest BCUT2D eigenvalue weighted by Gasteiger charge is -2.50. The summed E-state index contributed by atoms with van der Waals surface area (Å²) in [7, 11) is 4.29. The molecule has 27 heavy (non-hydrogen) atoms. The first kappa shape index (κ1) is 20.8. The Morgan fingerprint density at radius 2 is 1.70 bits per heavy atom. The minimum atomic E-state index is -0.539. The summed E-state index contributed by atoms with van der Waals surface area (Å²) >= 11 is 0. The van der Waals surface area contributed by atoms with Crippen LogP contribution in [0.5, 0.6) is 0 Å². The van der Waals surface area contributed by atoms with Gasteiger partial charge in [-0.2, -0.15) is 0 Å². The number of nitrogens with zero attached hydrogens (tertiary/aromatic N) is 2. The third-order valence-electron chi connectivity index (χ3n) is 5.95. The minimum Gasteiger partial charge on any atom is -0.405 e. The Hall–Kier alpha value is -2.47. The molecule has 2 rings (SSSR count). The van der Waals surface area contributed by atoms with Crippen molar-refractivity contribution in [1.82, 2.24) is 9.80 Å². The number of amides is 2. The summed E-state index contributed by atoms with van der Waals surface area (Å²) < 4.78 is 0. The van der Waals surface area contributed by atoms with Crippen molar-refractivity contribution in [2.75, 3.05) is 20.6 Å². The molecule has 1 saturated carbocycles. The summed E-state index contributed by atoms with van der Waals surface area (Å²) in [6.45, 7) is 2.71. The summed E-state index contributed by atoms with van der Waals surface area (Å²) in [6, 6.07) is 10.1. The lowest BCUT2D eigenvalue weighted by atomic mass is 9.65. The van der Waals surface area contributed by atoms with Crippen molar-refractivity contribution >= 4 is 6.03 Å². The first-order valence-corrected chi connectivity index (χ1v) is 9.38. The highest BCUT2D eigenvalue weighted by Gasteiger charge is 2.43. The standard InChI is InChI=1S/C21H33N5O/c1-20(16-26(19(24)27)18(23)10-7-15-22)11-13-21(14-12-20,25(2)3)17-8-5-4-6-9-17/h4-10,15H,11-14,16,22-23H2,1-3H3,(H2,24,27)/b15-7-,18-10+/t20-,21-. The van der Waals surface area contributed by atoms with Crippen LogP contribution in [0.1, 0.15) is 38.2 Å². The summed E-state index contributed by atoms with van der Waals surface area (Å²) in [5, 5.41) is 0. The molecule has 6 nitrogen and oxygen atoms in total. The Labute approximate surface area is 162 Å². The molecule has 1 fully saturated rings. The molecule has 6 heteroatoms. The quantitative estimate of drug-likeness (QED) is 0.669. The molecule has 0 unspecified atom stereocenters. The first-order valence-electron chi connectivity index (χ1n) is 9.38. The number of nitrogens with two attached hydrogens (primary N) is 3. The molecule has 1 aromatic carbocycles. The van der Waals surface area contributed by atoms with E-state index in [2.05, 4.69) is 56.3 Å². The van der Waals surface area contributed by atoms with Crippen LogP contribution in [-0.2, 0) is 5.54 Å². The zero-order chi connectivity index (χ0) is 20.1. The van der Waals surface area contributed by atoms with E-state index in [0.717, 1.165) is 25.7 Å². The molecule has 2 amide bonds. The van der Waals surface area contributed by atoms with E-state index < -0.39 is 6.03 Å². The summed E-state index contributed by atoms with van der Waals surface area (Å²) in [5.74, 6) is 0.318. The molecule has 6 N–H and O–H groups in total. The van der Waals surface area contributed by atoms with Crippen LogP contribution in [0.15, 0.2) is 54.5 Å². The van der Waals surface area contributed by atoms with Crippen molar-refractivity contribution in [2.45, 2.75) is 38.1 Å². The third kappa shape index (κ3) is 4.63. The Bertz CT molecular complexity index is 688. The third-order valence-corrected chi connectivity index (χ3v) is 5.95. The highest BCUT2D eigenvalue weighted by molar-refractivity contribution is 5.74. The molecule has 0 atom stereocenters. The van der Waals surface area contributed by atoms with Gasteiger partial charge in [0.2, 0.25) is 0 Å². The van der Waals surface area contributed by atoms with Gasteiger partial charge in [0.05, 0.1) is 0 Å². The predicted molar refractivity (Wildman–Crippen MR) is 110 cm³/mol. The van der Waals surface area contributed by atoms with Crippen LogP contribution in [0.3, 0.4) is 0 Å². The van der Waals surface area contributed by atoms with E-state index in [1.165, 1.54) is 16.7 Å². The lowest BCUT2D eigenvalue weighted by molar-refractivity contribution is 0.0332. The van der Waals surface area contributed by atoms with Crippen molar-refractivity contribution in [3.05, 3.63) is 60.1 Å². The van der Waals surface area contributed by atoms with E-state index in [9.17, 15) is 4.79 Å². The average Bonchev–Trinajstić information content (AvgIpc) is 2.65. The number of carbonyl (C=O) groups is 1. The average molecular weight is 372 g/mol. The van der Waals surface area contributed by atoms with E-state index in [-0.39, 0.29) is 11.0 Å². The molecule has 0 aromatic heterocycles. The molecule has 1 aliphatic carbocycles. The molecular weight excluding hydrogens is 338 g/mol. The normalized spacial score (nSPS) is 26.4. The monoisotopic (exact) mass is 371 g/mol. The number of hydrogen-bond donors (Lipinski definition) is 3. The second-order valence-electron chi connectivity index (χ2n) is 8.00. The molecule has 0 saturated heterocycles. The van der Waals surface area contributed by atoms with Crippen molar-refractivity contribution in [3.63, 3.8) is 0 Å². The van der Waals surface area contributed by atoms with Gasteiger partial charge >= 0.3 is 6.03 Å². The molecule has 1 aromatic rings. The minimum absolute atomic E-state index is 0.0159. The number of urea groups is 1. The van der Waals surface area contributed by atoms with E-state index in [0.29, 0.717) is 12.4 Å². The van der Waals surface area contributed by atoms with Crippen molar-refractivity contribution in [1.29, 1.82) is 0 Å². The molecule has 148 valence electrons. The van der Waals surface area contributed by atoms with E-state index in [1.807, 2.05) is 0 Å². The molecule has 0 bridgehead atoms. The van der Waals surface area contributed by atoms with Crippen LogP contribution in [-0.4, -0.2) is 36.5 Å². The second kappa shape index (κ2) is 8.48. The fourth-order valence-electron chi connectivity index (χ4n) is 4.09. The highest BCUT2D eigenvalue weighted by Crippen LogP contribution is 2.48. The van der Waals surface area contributed by atoms with Gasteiger partial charge in [-0.05, 0) is 69.1 Å². The van der Waals surface area contributed by atoms with Crippen LogP contribution in [0.2, 0.25) is 0 Å². The van der Waals surface area contributed by atoms with Crippen molar-refractivity contribution < 1.29 is 4.79 Å². The van der Waals surface area contributed by atoms with Crippen molar-refractivity contribution in [2.24, 2.45) is 22.6 Å². The maximum atomic E-state index is 11.9. The van der Waals surface area contributed by atoms with Gasteiger partial charge in [-0.25, -0.2) is 4.79 Å². The van der Waals surface area contributed by atoms with Gasteiger partial charge in [0.15, 0.2) is 0 Å². The highest BCUT2D eigenvalue weighted by atomic mass is 16.2. The fraction of sp³-hybridized carbons (Fsp3) is 0.476. The van der Waals surface area contributed by atoms with Crippen LogP contribution < -0.4 is 17.2 Å². The summed E-state index contributed by atoms with van der Waals surface area (Å²) in [6.07, 6.45) is 8.55. The zero-order valence-corrected chi connectivity index (χ0v) is 16.7. The van der Waals surface area contributed by atoms with Gasteiger partial charge in [-0.1, -0.05) is 37.3 Å². The lowest BCUT2D eigenvalue weighted by Crippen LogP contribution is -2.50. The Morgan fingerprint density at radius 3 is 2.19 bits per heavy atom. The SMILES string of the molecule is CN(C)[C@]1(c2ccccc2)CC[C@@](C)(CN(C(N)=O)/C(N)=C/C=C\N)CC1. The maximum Gasteiger partial charge on any atom is 0.320 e. The topological polar surface area (TPSA) is 102 Å². The molecule has 0 spiro atoms. The van der Waals surface area contributed by atoms with E-state index in [4.69, 9.17) is 17.2 Å². The van der Waals surface area contributed by atoms with Crippen LogP contribution in [0.4, 0.5) is 4.79 Å². The smallest absolute Gasteiger partial charge is 0.320 e. The number of hydrogen-bond acceptors (Lipinski definition) is 4. The maximum absolute atomic E-state index is 11.9. The first-order chi connectivity index (χ1) is 12.7. The van der Waals surface area contributed by atoms with Gasteiger partial charge in [-0.15, -0.1) is 0 Å². The Morgan fingerprint density at radius 1 is 1.11 bits per heavy atom. The molecule has 0 radical (unpaired) electrons. The van der Waals surface area contributed by atoms with E-state index >= 15 is 0 Å².